The molecule has 2 aromatic rings. The number of amides is 2. The lowest BCUT2D eigenvalue weighted by atomic mass is 10.1. The Morgan fingerprint density at radius 2 is 1.93 bits per heavy atom. The van der Waals surface area contributed by atoms with Crippen molar-refractivity contribution >= 4 is 29.0 Å². The second kappa shape index (κ2) is 6.06. The van der Waals surface area contributed by atoms with Gasteiger partial charge in [0.15, 0.2) is 5.82 Å². The highest BCUT2D eigenvalue weighted by atomic mass is 16.2. The second-order valence-corrected chi connectivity index (χ2v) is 8.03. The van der Waals surface area contributed by atoms with Crippen LogP contribution in [0.4, 0.5) is 17.2 Å². The molecule has 0 bridgehead atoms. The number of likely N-dealkylation sites (N-methyl/N-ethyl adjacent to an activating group) is 1. The van der Waals surface area contributed by atoms with E-state index in [1.54, 1.807) is 18.0 Å². The molecular weight excluding hydrogens is 352 g/mol. The Morgan fingerprint density at radius 3 is 2.68 bits per heavy atom. The minimum atomic E-state index is -0.252. The Balaban J connectivity index is 1.54. The number of hydrogen-bond donors (Lipinski definition) is 0. The third-order valence-electron chi connectivity index (χ3n) is 6.23. The first-order chi connectivity index (χ1) is 13.5. The molecule has 6 heteroatoms. The van der Waals surface area contributed by atoms with E-state index >= 15 is 0 Å². The first-order valence-corrected chi connectivity index (χ1v) is 9.94. The Hall–Kier alpha value is -2.89. The number of pyridine rings is 1. The van der Waals surface area contributed by atoms with Crippen molar-refractivity contribution in [1.82, 2.24) is 4.98 Å². The van der Waals surface area contributed by atoms with Crippen LogP contribution >= 0.6 is 0 Å². The number of aromatic nitrogens is 1. The molecule has 1 fully saturated rings. The number of benzene rings is 1. The fourth-order valence-electron chi connectivity index (χ4n) is 4.51. The first-order valence-electron chi connectivity index (χ1n) is 9.94. The van der Waals surface area contributed by atoms with Crippen molar-refractivity contribution in [3.63, 3.8) is 0 Å². The van der Waals surface area contributed by atoms with Crippen molar-refractivity contribution in [3.8, 4) is 0 Å². The molecule has 0 saturated heterocycles. The quantitative estimate of drug-likeness (QED) is 0.809. The number of hydrogen-bond acceptors (Lipinski definition) is 4. The molecule has 144 valence electrons. The van der Waals surface area contributed by atoms with E-state index in [0.29, 0.717) is 18.3 Å². The van der Waals surface area contributed by atoms with Gasteiger partial charge in [0, 0.05) is 25.3 Å². The summed E-state index contributed by atoms with van der Waals surface area (Å²) in [7, 11) is 1.78. The summed E-state index contributed by atoms with van der Waals surface area (Å²) >= 11 is 0. The lowest BCUT2D eigenvalue weighted by Gasteiger charge is -2.39. The van der Waals surface area contributed by atoms with Crippen molar-refractivity contribution in [3.05, 3.63) is 47.2 Å². The Labute approximate surface area is 164 Å². The van der Waals surface area contributed by atoms with E-state index in [1.165, 1.54) is 11.1 Å². The molecule has 0 spiro atoms. The lowest BCUT2D eigenvalue weighted by molar-refractivity contribution is -0.119. The summed E-state index contributed by atoms with van der Waals surface area (Å²) in [4.78, 5) is 36.3. The predicted molar refractivity (Wildman–Crippen MR) is 109 cm³/mol. The molecule has 0 radical (unpaired) electrons. The van der Waals surface area contributed by atoms with Gasteiger partial charge in [-0.25, -0.2) is 4.98 Å². The van der Waals surface area contributed by atoms with Crippen LogP contribution in [0.5, 0.6) is 0 Å². The van der Waals surface area contributed by atoms with Crippen LogP contribution in [0.25, 0.3) is 0 Å². The molecule has 1 atom stereocenters. The largest absolute Gasteiger partial charge is 0.340 e. The van der Waals surface area contributed by atoms with Gasteiger partial charge in [0.1, 0.15) is 11.7 Å². The van der Waals surface area contributed by atoms with Gasteiger partial charge in [0.2, 0.25) is 5.91 Å². The van der Waals surface area contributed by atoms with Gasteiger partial charge < -0.3 is 14.7 Å². The Bertz CT molecular complexity index is 998. The van der Waals surface area contributed by atoms with Crippen LogP contribution in [-0.4, -0.2) is 42.5 Å². The summed E-state index contributed by atoms with van der Waals surface area (Å²) in [6.45, 7) is 4.69. The van der Waals surface area contributed by atoms with Crippen molar-refractivity contribution in [2.75, 3.05) is 28.3 Å². The van der Waals surface area contributed by atoms with Crippen molar-refractivity contribution in [1.29, 1.82) is 0 Å². The molecule has 28 heavy (non-hydrogen) atoms. The van der Waals surface area contributed by atoms with Crippen LogP contribution in [0.3, 0.4) is 0 Å². The van der Waals surface area contributed by atoms with E-state index in [4.69, 9.17) is 4.98 Å². The maximum Gasteiger partial charge on any atom is 0.276 e. The third-order valence-corrected chi connectivity index (χ3v) is 6.23. The molecule has 3 heterocycles. The van der Waals surface area contributed by atoms with E-state index < -0.39 is 0 Å². The molecule has 2 aliphatic heterocycles. The standard InChI is InChI=1S/C22H24N4O2/c1-13-5-4-6-18-16(13)11-12-25(18)22(28)17-9-10-19-20(23-17)26(15-7-8-15)14(2)21(27)24(19)3/h4-6,9-10,14-15H,7-8,11-12H2,1-3H3. The van der Waals surface area contributed by atoms with Gasteiger partial charge in [0.25, 0.3) is 5.91 Å². The number of anilines is 3. The van der Waals surface area contributed by atoms with Gasteiger partial charge >= 0.3 is 0 Å². The van der Waals surface area contributed by atoms with Crippen molar-refractivity contribution < 1.29 is 9.59 Å². The maximum atomic E-state index is 13.3. The number of fused-ring (bicyclic) bond motifs is 2. The molecular formula is C22H24N4O2. The van der Waals surface area contributed by atoms with Crippen LogP contribution in [0.1, 0.15) is 41.4 Å². The highest BCUT2D eigenvalue weighted by Crippen LogP contribution is 2.41. The van der Waals surface area contributed by atoms with Gasteiger partial charge in [-0.05, 0) is 62.4 Å². The molecule has 3 aliphatic rings. The molecule has 1 aromatic heterocycles. The summed E-state index contributed by atoms with van der Waals surface area (Å²) in [5.41, 5.74) is 4.68. The number of carbonyl (C=O) groups is 2. The fraction of sp³-hybridized carbons (Fsp3) is 0.409. The molecule has 2 amide bonds. The smallest absolute Gasteiger partial charge is 0.276 e. The van der Waals surface area contributed by atoms with Gasteiger partial charge in [-0.2, -0.15) is 0 Å². The lowest BCUT2D eigenvalue weighted by Crippen LogP contribution is -2.52. The summed E-state index contributed by atoms with van der Waals surface area (Å²) in [6, 6.07) is 9.80. The van der Waals surface area contributed by atoms with E-state index in [1.807, 2.05) is 30.0 Å². The van der Waals surface area contributed by atoms with Gasteiger partial charge in [-0.1, -0.05) is 12.1 Å². The van der Waals surface area contributed by atoms with E-state index in [-0.39, 0.29) is 17.9 Å². The van der Waals surface area contributed by atoms with Gasteiger partial charge in [-0.15, -0.1) is 0 Å². The van der Waals surface area contributed by atoms with E-state index in [2.05, 4.69) is 17.9 Å². The minimum absolute atomic E-state index is 0.0734. The third kappa shape index (κ3) is 2.44. The molecule has 6 nitrogen and oxygen atoms in total. The number of carbonyl (C=O) groups excluding carboxylic acids is 2. The maximum absolute atomic E-state index is 13.3. The highest BCUT2D eigenvalue weighted by Gasteiger charge is 2.43. The van der Waals surface area contributed by atoms with Crippen LogP contribution < -0.4 is 14.7 Å². The number of aryl methyl sites for hydroxylation is 1. The van der Waals surface area contributed by atoms with Crippen molar-refractivity contribution in [2.24, 2.45) is 0 Å². The van der Waals surface area contributed by atoms with Crippen LogP contribution in [0.2, 0.25) is 0 Å². The van der Waals surface area contributed by atoms with Crippen molar-refractivity contribution in [2.45, 2.75) is 45.2 Å². The zero-order chi connectivity index (χ0) is 19.6. The summed E-state index contributed by atoms with van der Waals surface area (Å²) in [6.07, 6.45) is 3.01. The number of nitrogens with zero attached hydrogens (tertiary/aromatic N) is 4. The van der Waals surface area contributed by atoms with Gasteiger partial charge in [0.05, 0.1) is 5.69 Å². The zero-order valence-electron chi connectivity index (χ0n) is 16.5. The first kappa shape index (κ1) is 17.2. The SMILES string of the molecule is Cc1cccc2c1CCN2C(=O)c1ccc2c(n1)N(C1CC1)C(C)C(=O)N2C. The van der Waals surface area contributed by atoms with Gasteiger partial charge in [-0.3, -0.25) is 9.59 Å². The monoisotopic (exact) mass is 376 g/mol. The normalized spacial score (nSPS) is 21.0. The minimum Gasteiger partial charge on any atom is -0.340 e. The van der Waals surface area contributed by atoms with Crippen LogP contribution in [0.15, 0.2) is 30.3 Å². The Kier molecular flexibility index (Phi) is 3.73. The molecule has 1 aliphatic carbocycles. The molecule has 1 unspecified atom stereocenters. The second-order valence-electron chi connectivity index (χ2n) is 8.03. The molecule has 1 saturated carbocycles. The predicted octanol–water partition coefficient (Wildman–Crippen LogP) is 2.93. The molecule has 5 rings (SSSR count). The average Bonchev–Trinajstić information content (AvgIpc) is 3.43. The zero-order valence-corrected chi connectivity index (χ0v) is 16.5. The van der Waals surface area contributed by atoms with E-state index in [0.717, 1.165) is 36.5 Å². The molecule has 1 aromatic carbocycles. The summed E-state index contributed by atoms with van der Waals surface area (Å²) in [5, 5.41) is 0. The van der Waals surface area contributed by atoms with Crippen LogP contribution in [-0.2, 0) is 11.2 Å². The van der Waals surface area contributed by atoms with E-state index in [9.17, 15) is 9.59 Å². The number of rotatable bonds is 2. The van der Waals surface area contributed by atoms with Crippen LogP contribution in [0, 0.1) is 6.92 Å². The fourth-order valence-corrected chi connectivity index (χ4v) is 4.51. The average molecular weight is 376 g/mol. The summed E-state index contributed by atoms with van der Waals surface area (Å²) in [5.74, 6) is 0.755. The summed E-state index contributed by atoms with van der Waals surface area (Å²) < 4.78 is 0. The Morgan fingerprint density at radius 1 is 1.14 bits per heavy atom. The highest BCUT2D eigenvalue weighted by molar-refractivity contribution is 6.08. The topological polar surface area (TPSA) is 56.8 Å². The molecule has 0 N–H and O–H groups in total.